The highest BCUT2D eigenvalue weighted by atomic mass is 16.5. The first-order chi connectivity index (χ1) is 13.8. The summed E-state index contributed by atoms with van der Waals surface area (Å²) in [5.74, 6) is -0.751. The highest BCUT2D eigenvalue weighted by Crippen LogP contribution is 2.39. The fourth-order valence-corrected chi connectivity index (χ4v) is 3.72. The Morgan fingerprint density at radius 3 is 2.48 bits per heavy atom. The maximum atomic E-state index is 11.1. The molecule has 0 aliphatic heterocycles. The molecule has 7 heteroatoms. The molecular weight excluding hydrogens is 372 g/mol. The summed E-state index contributed by atoms with van der Waals surface area (Å²) < 4.78 is 7.61. The maximum Gasteiger partial charge on any atom is 0.341 e. The number of hydrogen-bond acceptors (Lipinski definition) is 5. The van der Waals surface area contributed by atoms with Gasteiger partial charge in [-0.25, -0.2) is 4.79 Å². The lowest BCUT2D eigenvalue weighted by Gasteiger charge is -2.17. The summed E-state index contributed by atoms with van der Waals surface area (Å²) in [7, 11) is 0. The molecule has 29 heavy (non-hydrogen) atoms. The molecule has 0 aliphatic carbocycles. The van der Waals surface area contributed by atoms with E-state index in [0.29, 0.717) is 29.7 Å². The van der Waals surface area contributed by atoms with Gasteiger partial charge in [-0.3, -0.25) is 0 Å². The maximum absolute atomic E-state index is 11.1. The smallest absolute Gasteiger partial charge is 0.341 e. The van der Waals surface area contributed by atoms with Crippen molar-refractivity contribution in [2.24, 2.45) is 5.73 Å². The van der Waals surface area contributed by atoms with Gasteiger partial charge in [-0.05, 0) is 36.6 Å². The number of nitrogens with zero attached hydrogens (tertiary/aromatic N) is 1. The molecule has 2 unspecified atom stereocenters. The number of ether oxygens (including phenoxy) is 1. The second-order valence-electron chi connectivity index (χ2n) is 7.06. The van der Waals surface area contributed by atoms with Gasteiger partial charge in [0.25, 0.3) is 0 Å². The van der Waals surface area contributed by atoms with Gasteiger partial charge in [0.2, 0.25) is 0 Å². The lowest BCUT2D eigenvalue weighted by molar-refractivity contribution is -0.139. The van der Waals surface area contributed by atoms with E-state index in [4.69, 9.17) is 15.6 Å². The molecule has 0 aliphatic rings. The first kappa shape index (κ1) is 20.9. The van der Waals surface area contributed by atoms with Crippen LogP contribution in [0.25, 0.3) is 10.9 Å². The zero-order valence-electron chi connectivity index (χ0n) is 16.5. The van der Waals surface area contributed by atoms with Crippen molar-refractivity contribution in [3.63, 3.8) is 0 Å². The number of aromatic nitrogens is 1. The van der Waals surface area contributed by atoms with Gasteiger partial charge in [-0.15, -0.1) is 0 Å². The van der Waals surface area contributed by atoms with Crippen LogP contribution in [0.1, 0.15) is 35.4 Å². The molecule has 0 fully saturated rings. The second-order valence-corrected chi connectivity index (χ2v) is 7.06. The molecule has 1 heterocycles. The summed E-state index contributed by atoms with van der Waals surface area (Å²) in [4.78, 5) is 11.1. The molecule has 2 atom stereocenters. The van der Waals surface area contributed by atoms with Crippen LogP contribution in [-0.2, 0) is 17.8 Å². The average Bonchev–Trinajstić information content (AvgIpc) is 2.99. The van der Waals surface area contributed by atoms with Gasteiger partial charge in [0.05, 0.1) is 5.52 Å². The molecule has 0 saturated carbocycles. The Morgan fingerprint density at radius 1 is 1.21 bits per heavy atom. The Labute approximate surface area is 169 Å². The molecule has 1 aromatic heterocycles. The molecule has 0 bridgehead atoms. The molecule has 5 N–H and O–H groups in total. The monoisotopic (exact) mass is 398 g/mol. The normalized spacial score (nSPS) is 13.4. The van der Waals surface area contributed by atoms with Crippen LogP contribution in [0.2, 0.25) is 0 Å². The number of aliphatic carboxylic acids is 1. The third-order valence-electron chi connectivity index (χ3n) is 4.91. The van der Waals surface area contributed by atoms with Gasteiger partial charge in [0.1, 0.15) is 18.1 Å². The average molecular weight is 398 g/mol. The molecule has 0 spiro atoms. The van der Waals surface area contributed by atoms with Crippen LogP contribution in [0, 0.1) is 6.92 Å². The van der Waals surface area contributed by atoms with Crippen LogP contribution in [0.4, 0.5) is 0 Å². The SMILES string of the molecule is CCc1c(C(O)C(N)O)c2c(OCC(=O)O)cc(C)cc2n1Cc1ccccc1. The first-order valence-corrected chi connectivity index (χ1v) is 9.49. The fourth-order valence-electron chi connectivity index (χ4n) is 3.72. The number of fused-ring (bicyclic) bond motifs is 1. The van der Waals surface area contributed by atoms with Crippen LogP contribution in [0.5, 0.6) is 5.75 Å². The Bertz CT molecular complexity index is 1010. The minimum atomic E-state index is -1.48. The fraction of sp³-hybridized carbons (Fsp3) is 0.318. The minimum absolute atomic E-state index is 0.346. The van der Waals surface area contributed by atoms with Crippen LogP contribution in [0.3, 0.4) is 0 Å². The predicted octanol–water partition coefficient (Wildman–Crippen LogP) is 2.33. The van der Waals surface area contributed by atoms with Gasteiger partial charge < -0.3 is 30.4 Å². The number of aliphatic hydroxyl groups excluding tert-OH is 2. The number of benzene rings is 2. The van der Waals surface area contributed by atoms with Crippen molar-refractivity contribution in [1.82, 2.24) is 4.57 Å². The number of carboxylic acid groups (broad SMARTS) is 1. The number of aliphatic hydroxyl groups is 2. The van der Waals surface area contributed by atoms with Crippen LogP contribution in [-0.4, -0.2) is 38.7 Å². The highest BCUT2D eigenvalue weighted by Gasteiger charge is 2.28. The van der Waals surface area contributed by atoms with Crippen molar-refractivity contribution in [3.8, 4) is 5.75 Å². The molecule has 0 radical (unpaired) electrons. The van der Waals surface area contributed by atoms with E-state index in [-0.39, 0.29) is 0 Å². The Morgan fingerprint density at radius 2 is 1.90 bits per heavy atom. The van der Waals surface area contributed by atoms with Crippen molar-refractivity contribution in [3.05, 3.63) is 64.8 Å². The van der Waals surface area contributed by atoms with E-state index in [1.54, 1.807) is 6.07 Å². The summed E-state index contributed by atoms with van der Waals surface area (Å²) >= 11 is 0. The van der Waals surface area contributed by atoms with Crippen LogP contribution < -0.4 is 10.5 Å². The number of rotatable bonds is 8. The van der Waals surface area contributed by atoms with Gasteiger partial charge in [-0.2, -0.15) is 0 Å². The van der Waals surface area contributed by atoms with E-state index < -0.39 is 24.9 Å². The lowest BCUT2D eigenvalue weighted by Crippen LogP contribution is -2.28. The molecule has 154 valence electrons. The summed E-state index contributed by atoms with van der Waals surface area (Å²) in [6.45, 7) is 3.90. The Hall–Kier alpha value is -2.87. The van der Waals surface area contributed by atoms with Crippen molar-refractivity contribution < 1.29 is 24.9 Å². The molecule has 0 amide bonds. The quantitative estimate of drug-likeness (QED) is 0.433. The van der Waals surface area contributed by atoms with Crippen molar-refractivity contribution in [1.29, 1.82) is 0 Å². The third-order valence-corrected chi connectivity index (χ3v) is 4.91. The summed E-state index contributed by atoms with van der Waals surface area (Å²) in [6.07, 6.45) is -2.23. The number of hydrogen-bond donors (Lipinski definition) is 4. The van der Waals surface area contributed by atoms with Gasteiger partial charge >= 0.3 is 5.97 Å². The zero-order valence-corrected chi connectivity index (χ0v) is 16.5. The minimum Gasteiger partial charge on any atom is -0.481 e. The molecule has 3 aromatic rings. The summed E-state index contributed by atoms with van der Waals surface area (Å²) in [5, 5.41) is 30.2. The van der Waals surface area contributed by atoms with E-state index in [0.717, 1.165) is 22.3 Å². The van der Waals surface area contributed by atoms with Crippen molar-refractivity contribution in [2.45, 2.75) is 39.1 Å². The lowest BCUT2D eigenvalue weighted by atomic mass is 10.0. The number of carboxylic acids is 1. The van der Waals surface area contributed by atoms with E-state index in [1.165, 1.54) is 0 Å². The number of nitrogens with two attached hydrogens (primary N) is 1. The molecule has 7 nitrogen and oxygen atoms in total. The molecule has 0 saturated heterocycles. The standard InChI is InChI=1S/C22H26N2O5/c1-3-15-20(21(27)22(23)28)19-16(24(15)11-14-7-5-4-6-8-14)9-13(2)10-17(19)29-12-18(25)26/h4-10,21-22,27-28H,3,11-12,23H2,1-2H3,(H,25,26). The zero-order chi connectivity index (χ0) is 21.1. The first-order valence-electron chi connectivity index (χ1n) is 9.49. The highest BCUT2D eigenvalue weighted by molar-refractivity contribution is 5.93. The van der Waals surface area contributed by atoms with E-state index >= 15 is 0 Å². The third kappa shape index (κ3) is 4.27. The Balaban J connectivity index is 2.30. The van der Waals surface area contributed by atoms with Crippen LogP contribution >= 0.6 is 0 Å². The molecule has 3 rings (SSSR count). The van der Waals surface area contributed by atoms with Crippen LogP contribution in [0.15, 0.2) is 42.5 Å². The van der Waals surface area contributed by atoms with Gasteiger partial charge in [-0.1, -0.05) is 37.3 Å². The number of carbonyl (C=O) groups is 1. The predicted molar refractivity (Wildman–Crippen MR) is 110 cm³/mol. The molecule has 2 aromatic carbocycles. The van der Waals surface area contributed by atoms with Crippen molar-refractivity contribution in [2.75, 3.05) is 6.61 Å². The second kappa shape index (κ2) is 8.65. The molecular formula is C22H26N2O5. The topological polar surface area (TPSA) is 118 Å². The summed E-state index contributed by atoms with van der Waals surface area (Å²) in [6, 6.07) is 13.6. The Kier molecular flexibility index (Phi) is 6.22. The van der Waals surface area contributed by atoms with E-state index in [9.17, 15) is 15.0 Å². The summed E-state index contributed by atoms with van der Waals surface area (Å²) in [5.41, 5.74) is 9.64. The largest absolute Gasteiger partial charge is 0.481 e. The van der Waals surface area contributed by atoms with Gasteiger partial charge in [0, 0.05) is 23.2 Å². The number of aryl methyl sites for hydroxylation is 1. The van der Waals surface area contributed by atoms with Crippen molar-refractivity contribution >= 4 is 16.9 Å². The van der Waals surface area contributed by atoms with E-state index in [1.807, 2.05) is 50.2 Å². The van der Waals surface area contributed by atoms with Gasteiger partial charge in [0.15, 0.2) is 6.61 Å². The van der Waals surface area contributed by atoms with E-state index in [2.05, 4.69) is 4.57 Å².